The van der Waals surface area contributed by atoms with Crippen molar-refractivity contribution in [1.29, 1.82) is 0 Å². The summed E-state index contributed by atoms with van der Waals surface area (Å²) in [6.45, 7) is 24.9. The van der Waals surface area contributed by atoms with E-state index in [4.69, 9.17) is 11.5 Å². The van der Waals surface area contributed by atoms with Crippen LogP contribution in [0.3, 0.4) is 0 Å². The number of amides is 1. The Balaban J connectivity index is 1.28. The molecule has 0 aliphatic heterocycles. The Morgan fingerprint density at radius 2 is 1.62 bits per heavy atom. The molecule has 4 N–H and O–H groups in total. The summed E-state index contributed by atoms with van der Waals surface area (Å²) in [5, 5.41) is 0.677. The van der Waals surface area contributed by atoms with Gasteiger partial charge in [-0.15, -0.1) is 0 Å². The molecule has 0 radical (unpaired) electrons. The number of hydrogen-bond acceptors (Lipinski definition) is 5. The molecule has 9 atom stereocenters. The van der Waals surface area contributed by atoms with Gasteiger partial charge in [0.2, 0.25) is 5.91 Å². The molecule has 6 heteroatoms. The van der Waals surface area contributed by atoms with E-state index in [-0.39, 0.29) is 17.0 Å². The van der Waals surface area contributed by atoms with E-state index in [0.717, 1.165) is 60.0 Å². The minimum Gasteiger partial charge on any atom is -0.343 e. The van der Waals surface area contributed by atoms with Gasteiger partial charge in [-0.25, -0.2) is 0 Å². The highest BCUT2D eigenvalue weighted by molar-refractivity contribution is 8.76. The van der Waals surface area contributed by atoms with E-state index < -0.39 is 0 Å². The van der Waals surface area contributed by atoms with E-state index in [1.165, 1.54) is 70.6 Å². The van der Waals surface area contributed by atoms with Crippen molar-refractivity contribution >= 4 is 27.5 Å². The quantitative estimate of drug-likeness (QED) is 0.0896. The molecule has 1 amide bonds. The number of rotatable bonds is 17. The molecular weight excluding hydrogens is 627 g/mol. The topological polar surface area (TPSA) is 72.3 Å². The van der Waals surface area contributed by atoms with Crippen LogP contribution < -0.4 is 11.5 Å². The molecule has 4 aliphatic carbocycles. The van der Waals surface area contributed by atoms with E-state index >= 15 is 0 Å². The number of fused-ring (bicyclic) bond motifs is 5. The maximum atomic E-state index is 13.3. The lowest BCUT2D eigenvalue weighted by atomic mass is 9.47. The minimum atomic E-state index is -0.272. The zero-order valence-corrected chi connectivity index (χ0v) is 34.7. The molecular formula is C42H77N3OS2. The Morgan fingerprint density at radius 1 is 0.958 bits per heavy atom. The van der Waals surface area contributed by atoms with Crippen LogP contribution in [0.4, 0.5) is 0 Å². The minimum absolute atomic E-state index is 0.252. The highest BCUT2D eigenvalue weighted by Crippen LogP contribution is 2.67. The van der Waals surface area contributed by atoms with Crippen LogP contribution in [0.2, 0.25) is 0 Å². The third-order valence-electron chi connectivity index (χ3n) is 14.3. The first kappa shape index (κ1) is 40.6. The van der Waals surface area contributed by atoms with Crippen LogP contribution in [0.1, 0.15) is 159 Å². The van der Waals surface area contributed by atoms with Crippen molar-refractivity contribution in [3.63, 3.8) is 0 Å². The Morgan fingerprint density at radius 3 is 2.23 bits per heavy atom. The molecule has 4 aliphatic rings. The van der Waals surface area contributed by atoms with Gasteiger partial charge >= 0.3 is 0 Å². The maximum Gasteiger partial charge on any atom is 0.223 e. The Bertz CT molecular complexity index is 1060. The highest BCUT2D eigenvalue weighted by atomic mass is 33.1. The van der Waals surface area contributed by atoms with Gasteiger partial charge in [-0.05, 0) is 151 Å². The molecule has 0 heterocycles. The van der Waals surface area contributed by atoms with Crippen LogP contribution in [0.25, 0.3) is 0 Å². The molecule has 0 bridgehead atoms. The zero-order chi connectivity index (χ0) is 35.5. The SMILES string of the molecule is CC[C@H](CC[C@@H](C)[C@H]1CC[C@H]2[C@@H]3CC=C4C[C@@H](SSCCC(=O)N(CCC(C)(C)N)CCC(C)(C)N)CC[C@]4(C)C3CC[C@]12C)C(C)C. The summed E-state index contributed by atoms with van der Waals surface area (Å²) < 4.78 is 0. The number of carbonyl (C=O) groups is 1. The Labute approximate surface area is 305 Å². The number of allylic oxidation sites excluding steroid dienone is 2. The third-order valence-corrected chi connectivity index (χ3v) is 17.2. The van der Waals surface area contributed by atoms with Crippen molar-refractivity contribution in [1.82, 2.24) is 4.90 Å². The molecule has 0 spiro atoms. The van der Waals surface area contributed by atoms with Gasteiger partial charge in [0.25, 0.3) is 0 Å². The van der Waals surface area contributed by atoms with Gasteiger partial charge in [0.1, 0.15) is 0 Å². The van der Waals surface area contributed by atoms with Gasteiger partial charge in [0.15, 0.2) is 0 Å². The van der Waals surface area contributed by atoms with E-state index in [2.05, 4.69) is 58.4 Å². The summed E-state index contributed by atoms with van der Waals surface area (Å²) in [5.74, 6) is 7.35. The normalized spacial score (nSPS) is 33.4. The maximum absolute atomic E-state index is 13.3. The molecule has 0 aromatic rings. The van der Waals surface area contributed by atoms with Gasteiger partial charge in [-0.1, -0.05) is 87.6 Å². The Kier molecular flexibility index (Phi) is 14.1. The second-order valence-electron chi connectivity index (χ2n) is 19.3. The average molecular weight is 704 g/mol. The molecule has 3 fully saturated rings. The molecule has 278 valence electrons. The fourth-order valence-corrected chi connectivity index (χ4v) is 13.6. The molecule has 4 rings (SSSR count). The smallest absolute Gasteiger partial charge is 0.223 e. The molecule has 0 saturated heterocycles. The van der Waals surface area contributed by atoms with Crippen LogP contribution in [0.5, 0.6) is 0 Å². The van der Waals surface area contributed by atoms with E-state index in [1.54, 1.807) is 5.57 Å². The predicted molar refractivity (Wildman–Crippen MR) is 213 cm³/mol. The van der Waals surface area contributed by atoms with E-state index in [0.29, 0.717) is 35.6 Å². The summed E-state index contributed by atoms with van der Waals surface area (Å²) in [5.41, 5.74) is 14.7. The van der Waals surface area contributed by atoms with Crippen molar-refractivity contribution in [3.05, 3.63) is 11.6 Å². The number of nitrogens with two attached hydrogens (primary N) is 2. The van der Waals surface area contributed by atoms with Crippen LogP contribution in [0, 0.1) is 52.3 Å². The summed E-state index contributed by atoms with van der Waals surface area (Å²) in [7, 11) is 3.99. The molecule has 0 aromatic carbocycles. The molecule has 48 heavy (non-hydrogen) atoms. The molecule has 3 saturated carbocycles. The summed E-state index contributed by atoms with van der Waals surface area (Å²) in [6, 6.07) is 0. The predicted octanol–water partition coefficient (Wildman–Crippen LogP) is 10.9. The van der Waals surface area contributed by atoms with Crippen molar-refractivity contribution in [2.75, 3.05) is 18.8 Å². The van der Waals surface area contributed by atoms with Gasteiger partial charge in [-0.3, -0.25) is 4.79 Å². The first-order chi connectivity index (χ1) is 22.4. The third kappa shape index (κ3) is 10.0. The first-order valence-corrected chi connectivity index (χ1v) is 22.6. The summed E-state index contributed by atoms with van der Waals surface area (Å²) in [4.78, 5) is 15.3. The second kappa shape index (κ2) is 16.7. The lowest BCUT2D eigenvalue weighted by Crippen LogP contribution is -2.50. The second-order valence-corrected chi connectivity index (χ2v) is 22.1. The summed E-state index contributed by atoms with van der Waals surface area (Å²) >= 11 is 0. The monoisotopic (exact) mass is 704 g/mol. The number of nitrogens with zero attached hydrogens (tertiary/aromatic N) is 1. The largest absolute Gasteiger partial charge is 0.343 e. The molecule has 0 aromatic heterocycles. The fourth-order valence-electron chi connectivity index (χ4n) is 11.0. The number of carbonyl (C=O) groups excluding carboxylic acids is 1. The summed E-state index contributed by atoms with van der Waals surface area (Å²) in [6.07, 6.45) is 20.3. The van der Waals surface area contributed by atoms with E-state index in [9.17, 15) is 4.79 Å². The highest BCUT2D eigenvalue weighted by Gasteiger charge is 2.59. The first-order valence-electron chi connectivity index (χ1n) is 20.2. The lowest BCUT2D eigenvalue weighted by molar-refractivity contribution is -0.131. The standard InChI is InChI=1S/C42H77N3OS2/c1-11-31(29(2)3)13-12-30(4)35-16-17-36-34-15-14-32-28-33(18-21-41(32,9)37(34)19-22-42(35,36)10)48-47-27-20-38(46)45(25-23-39(5,6)43)26-24-40(7,8)44/h14,29-31,33-37H,11-13,15-28,43-44H2,1-10H3/t30-,31-,33+,34+,35-,36+,37?,41+,42-/m1/s1. The van der Waals surface area contributed by atoms with Crippen molar-refractivity contribution < 1.29 is 4.79 Å². The van der Waals surface area contributed by atoms with Crippen molar-refractivity contribution in [2.45, 2.75) is 175 Å². The average Bonchev–Trinajstić information content (AvgIpc) is 3.35. The molecule has 4 nitrogen and oxygen atoms in total. The van der Waals surface area contributed by atoms with Crippen LogP contribution in [0.15, 0.2) is 11.6 Å². The molecule has 1 unspecified atom stereocenters. The van der Waals surface area contributed by atoms with Gasteiger partial charge in [0.05, 0.1) is 0 Å². The number of hydrogen-bond donors (Lipinski definition) is 2. The van der Waals surface area contributed by atoms with Gasteiger partial charge in [0, 0.05) is 41.6 Å². The lowest BCUT2D eigenvalue weighted by Gasteiger charge is -2.58. The Hall–Kier alpha value is -0.170. The van der Waals surface area contributed by atoms with Crippen LogP contribution in [-0.4, -0.2) is 46.0 Å². The fraction of sp³-hybridized carbons (Fsp3) is 0.929. The van der Waals surface area contributed by atoms with Crippen molar-refractivity contribution in [3.8, 4) is 0 Å². The van der Waals surface area contributed by atoms with Gasteiger partial charge < -0.3 is 16.4 Å². The van der Waals surface area contributed by atoms with E-state index in [1.807, 2.05) is 43.4 Å². The van der Waals surface area contributed by atoms with Gasteiger partial charge in [-0.2, -0.15) is 0 Å². The van der Waals surface area contributed by atoms with Crippen LogP contribution >= 0.6 is 21.6 Å². The van der Waals surface area contributed by atoms with Crippen LogP contribution in [-0.2, 0) is 4.79 Å². The zero-order valence-electron chi connectivity index (χ0n) is 33.0. The van der Waals surface area contributed by atoms with Crippen molar-refractivity contribution in [2.24, 2.45) is 63.7 Å².